The molecule has 2 aromatic rings. The molecule has 0 radical (unpaired) electrons. The molecule has 0 saturated heterocycles. The Hall–Kier alpha value is -0.800. The van der Waals surface area contributed by atoms with Gasteiger partial charge in [-0.15, -0.1) is 0 Å². The maximum Gasteiger partial charge on any atom is 0.0459 e. The minimum Gasteiger partial charge on any atom is -0.358 e. The van der Waals surface area contributed by atoms with Gasteiger partial charge in [-0.25, -0.2) is 0 Å². The van der Waals surface area contributed by atoms with Gasteiger partial charge in [0.2, 0.25) is 0 Å². The highest BCUT2D eigenvalue weighted by Crippen LogP contribution is 2.25. The first kappa shape index (κ1) is 10.7. The van der Waals surface area contributed by atoms with Crippen LogP contribution in [0.4, 0.5) is 0 Å². The maximum atomic E-state index is 5.82. The zero-order valence-electron chi connectivity index (χ0n) is 8.97. The van der Waals surface area contributed by atoms with Crippen molar-refractivity contribution in [3.8, 4) is 0 Å². The Morgan fingerprint density at radius 3 is 2.87 bits per heavy atom. The van der Waals surface area contributed by atoms with E-state index in [0.717, 1.165) is 10.9 Å². The third-order valence-electron chi connectivity index (χ3n) is 2.65. The van der Waals surface area contributed by atoms with E-state index in [4.69, 9.17) is 5.73 Å². The Balaban J connectivity index is 2.54. The third-order valence-corrected chi connectivity index (χ3v) is 3.14. The van der Waals surface area contributed by atoms with Gasteiger partial charge in [0.25, 0.3) is 0 Å². The quantitative estimate of drug-likeness (QED) is 0.862. The van der Waals surface area contributed by atoms with Gasteiger partial charge >= 0.3 is 0 Å². The molecule has 0 aliphatic rings. The fourth-order valence-corrected chi connectivity index (χ4v) is 2.24. The molecule has 2 nitrogen and oxygen atoms in total. The number of aromatic amines is 1. The molecule has 80 valence electrons. The molecule has 0 spiro atoms. The molecule has 1 heterocycles. The fraction of sp³-hybridized carbons (Fsp3) is 0.333. The van der Waals surface area contributed by atoms with Crippen molar-refractivity contribution in [3.63, 3.8) is 0 Å². The highest BCUT2D eigenvalue weighted by Gasteiger charge is 2.08. The Morgan fingerprint density at radius 2 is 2.20 bits per heavy atom. The average molecular weight is 267 g/mol. The van der Waals surface area contributed by atoms with Gasteiger partial charge in [0, 0.05) is 33.5 Å². The first-order valence-corrected chi connectivity index (χ1v) is 5.89. The van der Waals surface area contributed by atoms with E-state index in [0.29, 0.717) is 0 Å². The summed E-state index contributed by atoms with van der Waals surface area (Å²) in [5.74, 6) is 0. The average Bonchev–Trinajstić information content (AvgIpc) is 2.44. The molecule has 1 aromatic heterocycles. The van der Waals surface area contributed by atoms with Crippen LogP contribution in [-0.4, -0.2) is 11.0 Å². The number of fused-ring (bicyclic) bond motifs is 1. The number of nitrogens with two attached hydrogens (primary N) is 1. The number of aryl methyl sites for hydroxylation is 1. The second-order valence-electron chi connectivity index (χ2n) is 4.10. The van der Waals surface area contributed by atoms with E-state index in [1.54, 1.807) is 0 Å². The van der Waals surface area contributed by atoms with E-state index in [1.165, 1.54) is 22.2 Å². The van der Waals surface area contributed by atoms with Crippen LogP contribution < -0.4 is 5.73 Å². The molecule has 1 atom stereocenters. The van der Waals surface area contributed by atoms with Crippen molar-refractivity contribution in [1.29, 1.82) is 0 Å². The van der Waals surface area contributed by atoms with Gasteiger partial charge in [0.05, 0.1) is 0 Å². The van der Waals surface area contributed by atoms with Gasteiger partial charge in [-0.1, -0.05) is 15.9 Å². The molecule has 3 N–H and O–H groups in total. The van der Waals surface area contributed by atoms with Crippen molar-refractivity contribution >= 4 is 26.8 Å². The topological polar surface area (TPSA) is 41.8 Å². The zero-order chi connectivity index (χ0) is 11.0. The van der Waals surface area contributed by atoms with E-state index in [1.807, 2.05) is 13.0 Å². The Morgan fingerprint density at radius 1 is 1.47 bits per heavy atom. The second kappa shape index (κ2) is 3.99. The summed E-state index contributed by atoms with van der Waals surface area (Å²) in [5.41, 5.74) is 9.56. The molecule has 0 aliphatic carbocycles. The Bertz CT molecular complexity index is 486. The van der Waals surface area contributed by atoms with Crippen LogP contribution in [0.5, 0.6) is 0 Å². The van der Waals surface area contributed by atoms with Crippen LogP contribution in [0.25, 0.3) is 10.9 Å². The fourth-order valence-electron chi connectivity index (χ4n) is 1.88. The number of benzene rings is 1. The van der Waals surface area contributed by atoms with Crippen molar-refractivity contribution < 1.29 is 0 Å². The largest absolute Gasteiger partial charge is 0.358 e. The molecule has 15 heavy (non-hydrogen) atoms. The normalized spacial score (nSPS) is 13.3. The summed E-state index contributed by atoms with van der Waals surface area (Å²) in [4.78, 5) is 3.42. The van der Waals surface area contributed by atoms with Gasteiger partial charge in [-0.05, 0) is 37.6 Å². The molecule has 0 bridgehead atoms. The first-order chi connectivity index (χ1) is 7.08. The molecule has 0 saturated carbocycles. The van der Waals surface area contributed by atoms with E-state index in [-0.39, 0.29) is 6.04 Å². The monoisotopic (exact) mass is 266 g/mol. The highest BCUT2D eigenvalue weighted by molar-refractivity contribution is 9.10. The molecule has 0 fully saturated rings. The molecular formula is C12H15BrN2. The van der Waals surface area contributed by atoms with Crippen molar-refractivity contribution in [2.45, 2.75) is 26.3 Å². The number of nitrogens with one attached hydrogen (secondary N) is 1. The van der Waals surface area contributed by atoms with Crippen molar-refractivity contribution in [1.82, 2.24) is 4.98 Å². The summed E-state index contributed by atoms with van der Waals surface area (Å²) in [6.07, 6.45) is 0.901. The molecule has 3 heteroatoms. The molecule has 2 rings (SSSR count). The predicted octanol–water partition coefficient (Wildman–Crippen LogP) is 3.13. The number of halogens is 1. The summed E-state index contributed by atoms with van der Waals surface area (Å²) in [7, 11) is 0. The van der Waals surface area contributed by atoms with Gasteiger partial charge in [0.1, 0.15) is 0 Å². The molecular weight excluding hydrogens is 252 g/mol. The van der Waals surface area contributed by atoms with Gasteiger partial charge in [0.15, 0.2) is 0 Å². The van der Waals surface area contributed by atoms with Crippen LogP contribution in [0.1, 0.15) is 18.2 Å². The standard InChI is InChI=1S/C12H15BrN2/c1-7(14)5-12-8(2)10-6-9(13)3-4-11(10)15-12/h3-4,6-7,15H,5,14H2,1-2H3. The summed E-state index contributed by atoms with van der Waals surface area (Å²) in [6, 6.07) is 6.48. The lowest BCUT2D eigenvalue weighted by atomic mass is 10.1. The SMILES string of the molecule is Cc1c(CC(C)N)[nH]c2ccc(Br)cc12. The summed E-state index contributed by atoms with van der Waals surface area (Å²) in [6.45, 7) is 4.17. The van der Waals surface area contributed by atoms with Crippen LogP contribution in [0.15, 0.2) is 22.7 Å². The van der Waals surface area contributed by atoms with Gasteiger partial charge in [-0.3, -0.25) is 0 Å². The van der Waals surface area contributed by atoms with E-state index >= 15 is 0 Å². The van der Waals surface area contributed by atoms with Crippen LogP contribution in [0.2, 0.25) is 0 Å². The number of aromatic nitrogens is 1. The van der Waals surface area contributed by atoms with Gasteiger partial charge < -0.3 is 10.7 Å². The smallest absolute Gasteiger partial charge is 0.0459 e. The summed E-state index contributed by atoms with van der Waals surface area (Å²) in [5, 5.41) is 1.28. The van der Waals surface area contributed by atoms with E-state index in [2.05, 4.69) is 40.0 Å². The van der Waals surface area contributed by atoms with E-state index < -0.39 is 0 Å². The minimum atomic E-state index is 0.195. The summed E-state index contributed by atoms with van der Waals surface area (Å²) < 4.78 is 1.12. The lowest BCUT2D eigenvalue weighted by Crippen LogP contribution is -2.18. The van der Waals surface area contributed by atoms with Gasteiger partial charge in [-0.2, -0.15) is 0 Å². The number of H-pyrrole nitrogens is 1. The van der Waals surface area contributed by atoms with Crippen LogP contribution in [0, 0.1) is 6.92 Å². The minimum absolute atomic E-state index is 0.195. The Labute approximate surface area is 98.0 Å². The second-order valence-corrected chi connectivity index (χ2v) is 5.02. The van der Waals surface area contributed by atoms with Crippen LogP contribution >= 0.6 is 15.9 Å². The highest BCUT2D eigenvalue weighted by atomic mass is 79.9. The Kier molecular flexibility index (Phi) is 2.85. The van der Waals surface area contributed by atoms with E-state index in [9.17, 15) is 0 Å². The zero-order valence-corrected chi connectivity index (χ0v) is 10.6. The first-order valence-electron chi connectivity index (χ1n) is 5.10. The van der Waals surface area contributed by atoms with Crippen LogP contribution in [0.3, 0.4) is 0 Å². The number of hydrogen-bond donors (Lipinski definition) is 2. The maximum absolute atomic E-state index is 5.82. The van der Waals surface area contributed by atoms with Crippen molar-refractivity contribution in [2.75, 3.05) is 0 Å². The van der Waals surface area contributed by atoms with Crippen molar-refractivity contribution in [3.05, 3.63) is 33.9 Å². The molecule has 1 unspecified atom stereocenters. The summed E-state index contributed by atoms with van der Waals surface area (Å²) >= 11 is 3.49. The predicted molar refractivity (Wildman–Crippen MR) is 68.1 cm³/mol. The van der Waals surface area contributed by atoms with Crippen molar-refractivity contribution in [2.24, 2.45) is 5.73 Å². The molecule has 0 amide bonds. The van der Waals surface area contributed by atoms with Crippen LogP contribution in [-0.2, 0) is 6.42 Å². The number of rotatable bonds is 2. The lowest BCUT2D eigenvalue weighted by Gasteiger charge is -2.03. The third kappa shape index (κ3) is 2.08. The molecule has 1 aromatic carbocycles. The number of hydrogen-bond acceptors (Lipinski definition) is 1. The molecule has 0 aliphatic heterocycles. The lowest BCUT2D eigenvalue weighted by molar-refractivity contribution is 0.724.